The summed E-state index contributed by atoms with van der Waals surface area (Å²) in [5.74, 6) is -0.693. The lowest BCUT2D eigenvalue weighted by molar-refractivity contribution is -0.143. The fourth-order valence-electron chi connectivity index (χ4n) is 5.54. The van der Waals surface area contributed by atoms with Crippen LogP contribution < -0.4 is 0 Å². The highest BCUT2D eigenvalue weighted by atomic mass is 35.5. The molecule has 1 saturated heterocycles. The molecule has 35 heavy (non-hydrogen) atoms. The van der Waals surface area contributed by atoms with Gasteiger partial charge in [-0.05, 0) is 80.3 Å². The van der Waals surface area contributed by atoms with E-state index in [0.717, 1.165) is 5.56 Å². The Labute approximate surface area is 215 Å². The zero-order valence-corrected chi connectivity index (χ0v) is 21.6. The average Bonchev–Trinajstić information content (AvgIpc) is 3.11. The number of rotatable bonds is 5. The number of benzene rings is 2. The summed E-state index contributed by atoms with van der Waals surface area (Å²) in [7, 11) is 0. The van der Waals surface area contributed by atoms with Crippen LogP contribution in [0.15, 0.2) is 30.5 Å². The third-order valence-corrected chi connectivity index (χ3v) is 8.62. The van der Waals surface area contributed by atoms with E-state index >= 15 is 0 Å². The summed E-state index contributed by atoms with van der Waals surface area (Å²) >= 11 is 13.4. The van der Waals surface area contributed by atoms with Crippen molar-refractivity contribution in [3.63, 3.8) is 0 Å². The topological polar surface area (TPSA) is 62.5 Å². The Morgan fingerprint density at radius 2 is 1.74 bits per heavy atom. The number of amides is 1. The second-order valence-electron chi connectivity index (χ2n) is 10.1. The molecule has 0 bridgehead atoms. The second kappa shape index (κ2) is 9.51. The standard InChI is InChI=1S/C28H30Cl2N2O3/c1-16-12-20(18-4-3-5-18)13-22-17(2)14-32(26(16)22)15-23-24(29)7-6-21(25(23)30)27(33)31-10-8-19(9-11-31)28(34)35/h6-7,12-14,18-19H,3-5,8-11,15H2,1-2H3,(H,34,35). The van der Waals surface area contributed by atoms with Crippen LogP contribution in [0, 0.1) is 19.8 Å². The third-order valence-electron chi connectivity index (χ3n) is 7.84. The van der Waals surface area contributed by atoms with Gasteiger partial charge in [-0.1, -0.05) is 35.7 Å². The Balaban J connectivity index is 1.45. The molecule has 0 atom stereocenters. The van der Waals surface area contributed by atoms with Crippen LogP contribution in [0.2, 0.25) is 10.0 Å². The summed E-state index contributed by atoms with van der Waals surface area (Å²) in [6, 6.07) is 8.06. The predicted octanol–water partition coefficient (Wildman–Crippen LogP) is 6.82. The molecule has 1 aliphatic carbocycles. The fourth-order valence-corrected chi connectivity index (χ4v) is 6.11. The maximum atomic E-state index is 13.3. The lowest BCUT2D eigenvalue weighted by atomic mass is 9.79. The number of halogens is 2. The first-order valence-electron chi connectivity index (χ1n) is 12.3. The van der Waals surface area contributed by atoms with E-state index < -0.39 is 11.9 Å². The summed E-state index contributed by atoms with van der Waals surface area (Å²) < 4.78 is 2.18. The summed E-state index contributed by atoms with van der Waals surface area (Å²) in [6.07, 6.45) is 6.90. The number of aromatic nitrogens is 1. The molecule has 5 rings (SSSR count). The van der Waals surface area contributed by atoms with Crippen molar-refractivity contribution in [2.75, 3.05) is 13.1 Å². The van der Waals surface area contributed by atoms with Gasteiger partial charge in [-0.25, -0.2) is 0 Å². The van der Waals surface area contributed by atoms with Gasteiger partial charge in [0.25, 0.3) is 5.91 Å². The molecule has 184 valence electrons. The minimum Gasteiger partial charge on any atom is -0.481 e. The van der Waals surface area contributed by atoms with Gasteiger partial charge in [0.2, 0.25) is 0 Å². The predicted molar refractivity (Wildman–Crippen MR) is 140 cm³/mol. The number of hydrogen-bond donors (Lipinski definition) is 1. The molecule has 2 aliphatic rings. The lowest BCUT2D eigenvalue weighted by Crippen LogP contribution is -2.40. The van der Waals surface area contributed by atoms with Gasteiger partial charge in [0.1, 0.15) is 0 Å². The maximum absolute atomic E-state index is 13.3. The number of carboxylic acids is 1. The molecule has 1 amide bonds. The average molecular weight is 513 g/mol. The van der Waals surface area contributed by atoms with Crippen molar-refractivity contribution in [3.05, 3.63) is 68.3 Å². The first-order chi connectivity index (χ1) is 16.7. The zero-order valence-electron chi connectivity index (χ0n) is 20.1. The molecule has 5 nitrogen and oxygen atoms in total. The number of carboxylic acid groups (broad SMARTS) is 1. The number of aryl methyl sites for hydroxylation is 2. The minimum atomic E-state index is -0.798. The van der Waals surface area contributed by atoms with Crippen molar-refractivity contribution in [3.8, 4) is 0 Å². The largest absolute Gasteiger partial charge is 0.481 e. The van der Waals surface area contributed by atoms with Gasteiger partial charge in [0.05, 0.1) is 28.6 Å². The molecule has 1 aliphatic heterocycles. The van der Waals surface area contributed by atoms with Crippen LogP contribution in [0.5, 0.6) is 0 Å². The number of carbonyl (C=O) groups is 2. The van der Waals surface area contributed by atoms with Crippen LogP contribution in [0.3, 0.4) is 0 Å². The Bertz CT molecular complexity index is 1320. The van der Waals surface area contributed by atoms with Crippen LogP contribution in [-0.2, 0) is 11.3 Å². The zero-order chi connectivity index (χ0) is 24.9. The highest BCUT2D eigenvalue weighted by molar-refractivity contribution is 6.38. The van der Waals surface area contributed by atoms with E-state index in [1.807, 2.05) is 0 Å². The van der Waals surface area contributed by atoms with Crippen LogP contribution in [0.1, 0.15) is 70.6 Å². The van der Waals surface area contributed by atoms with Crippen LogP contribution in [-0.4, -0.2) is 39.5 Å². The van der Waals surface area contributed by atoms with Crippen LogP contribution >= 0.6 is 23.2 Å². The van der Waals surface area contributed by atoms with Gasteiger partial charge in [-0.3, -0.25) is 9.59 Å². The summed E-state index contributed by atoms with van der Waals surface area (Å²) in [5.41, 5.74) is 6.18. The Kier molecular flexibility index (Phi) is 6.58. The molecule has 0 unspecified atom stereocenters. The fraction of sp³-hybridized carbons (Fsp3) is 0.429. The lowest BCUT2D eigenvalue weighted by Gasteiger charge is -2.30. The number of likely N-dealkylation sites (tertiary alicyclic amines) is 1. The summed E-state index contributed by atoms with van der Waals surface area (Å²) in [6.45, 7) is 5.58. The van der Waals surface area contributed by atoms with Crippen molar-refractivity contribution < 1.29 is 14.7 Å². The van der Waals surface area contributed by atoms with Gasteiger partial charge in [0, 0.05) is 35.3 Å². The van der Waals surface area contributed by atoms with Crippen molar-refractivity contribution in [1.29, 1.82) is 0 Å². The van der Waals surface area contributed by atoms with Crippen molar-refractivity contribution in [2.45, 2.75) is 58.4 Å². The van der Waals surface area contributed by atoms with Gasteiger partial charge in [-0.2, -0.15) is 0 Å². The smallest absolute Gasteiger partial charge is 0.306 e. The monoisotopic (exact) mass is 512 g/mol. The molecule has 2 heterocycles. The Morgan fingerprint density at radius 1 is 1.03 bits per heavy atom. The van der Waals surface area contributed by atoms with E-state index in [-0.39, 0.29) is 5.91 Å². The molecule has 0 radical (unpaired) electrons. The van der Waals surface area contributed by atoms with E-state index in [2.05, 4.69) is 36.7 Å². The normalized spacial score (nSPS) is 17.1. The van der Waals surface area contributed by atoms with Gasteiger partial charge in [0.15, 0.2) is 0 Å². The van der Waals surface area contributed by atoms with E-state index in [1.165, 1.54) is 46.9 Å². The summed E-state index contributed by atoms with van der Waals surface area (Å²) in [4.78, 5) is 26.2. The number of fused-ring (bicyclic) bond motifs is 1. The third kappa shape index (κ3) is 4.45. The molecule has 0 spiro atoms. The number of piperidine rings is 1. The molecule has 1 N–H and O–H groups in total. The highest BCUT2D eigenvalue weighted by Gasteiger charge is 2.29. The molecule has 1 aromatic heterocycles. The number of aliphatic carboxylic acids is 1. The van der Waals surface area contributed by atoms with Gasteiger partial charge >= 0.3 is 5.97 Å². The molecule has 7 heteroatoms. The Hall–Kier alpha value is -2.50. The summed E-state index contributed by atoms with van der Waals surface area (Å²) in [5, 5.41) is 11.4. The Morgan fingerprint density at radius 3 is 2.37 bits per heavy atom. The van der Waals surface area contributed by atoms with Crippen molar-refractivity contribution in [2.24, 2.45) is 5.92 Å². The SMILES string of the molecule is Cc1cn(Cc2c(Cl)ccc(C(=O)N3CCC(C(=O)O)CC3)c2Cl)c2c(C)cc(C3CCC3)cc12. The molecule has 1 saturated carbocycles. The number of nitrogens with zero attached hydrogens (tertiary/aromatic N) is 2. The number of hydrogen-bond acceptors (Lipinski definition) is 2. The number of carbonyl (C=O) groups excluding carboxylic acids is 1. The van der Waals surface area contributed by atoms with Gasteiger partial charge in [-0.15, -0.1) is 0 Å². The van der Waals surface area contributed by atoms with Crippen molar-refractivity contribution >= 4 is 46.0 Å². The quantitative estimate of drug-likeness (QED) is 0.407. The maximum Gasteiger partial charge on any atom is 0.306 e. The van der Waals surface area contributed by atoms with Crippen molar-refractivity contribution in [1.82, 2.24) is 9.47 Å². The molecular weight excluding hydrogens is 483 g/mol. The van der Waals surface area contributed by atoms with Crippen LogP contribution in [0.4, 0.5) is 0 Å². The first-order valence-corrected chi connectivity index (χ1v) is 13.1. The van der Waals surface area contributed by atoms with E-state index in [1.54, 1.807) is 17.0 Å². The molecule has 2 aromatic carbocycles. The van der Waals surface area contributed by atoms with E-state index in [0.29, 0.717) is 54.0 Å². The minimum absolute atomic E-state index is 0.174. The van der Waals surface area contributed by atoms with Gasteiger partial charge < -0.3 is 14.6 Å². The van der Waals surface area contributed by atoms with E-state index in [4.69, 9.17) is 23.2 Å². The van der Waals surface area contributed by atoms with E-state index in [9.17, 15) is 14.7 Å². The van der Waals surface area contributed by atoms with Crippen LogP contribution in [0.25, 0.3) is 10.9 Å². The molecular formula is C28H30Cl2N2O3. The second-order valence-corrected chi connectivity index (χ2v) is 10.9. The molecule has 2 fully saturated rings. The molecule has 3 aromatic rings. The highest BCUT2D eigenvalue weighted by Crippen LogP contribution is 2.40. The first kappa shape index (κ1) is 24.2.